The SMILES string of the molecule is Cn1nccc1-c1ccn2c(C(=O)Nc3cc(C(=O)CC4Cc5ccccc5C4O)ccc3F)cnc2c1. The first-order valence-electron chi connectivity index (χ1n) is 12.2. The van der Waals surface area contributed by atoms with E-state index in [1.54, 1.807) is 21.5 Å². The van der Waals surface area contributed by atoms with Crippen LogP contribution in [-0.2, 0) is 13.5 Å². The number of hydrogen-bond acceptors (Lipinski definition) is 5. The van der Waals surface area contributed by atoms with E-state index in [1.165, 1.54) is 18.3 Å². The zero-order valence-electron chi connectivity index (χ0n) is 20.5. The van der Waals surface area contributed by atoms with Crippen LogP contribution >= 0.6 is 0 Å². The van der Waals surface area contributed by atoms with Crippen molar-refractivity contribution in [3.05, 3.63) is 107 Å². The number of pyridine rings is 1. The molecule has 1 aliphatic rings. The topological polar surface area (TPSA) is 102 Å². The number of halogens is 1. The van der Waals surface area contributed by atoms with Crippen LogP contribution in [-0.4, -0.2) is 36.0 Å². The van der Waals surface area contributed by atoms with Crippen molar-refractivity contribution in [2.24, 2.45) is 13.0 Å². The summed E-state index contributed by atoms with van der Waals surface area (Å²) in [6.07, 6.45) is 4.84. The number of anilines is 1. The molecule has 0 radical (unpaired) electrons. The van der Waals surface area contributed by atoms with E-state index in [0.29, 0.717) is 12.1 Å². The van der Waals surface area contributed by atoms with Crippen molar-refractivity contribution in [1.82, 2.24) is 19.2 Å². The number of carbonyl (C=O) groups excluding carboxylic acids is 2. The van der Waals surface area contributed by atoms with E-state index in [4.69, 9.17) is 0 Å². The van der Waals surface area contributed by atoms with Gasteiger partial charge in [0.05, 0.1) is 23.7 Å². The first-order chi connectivity index (χ1) is 18.4. The fraction of sp³-hybridized carbons (Fsp3) is 0.172. The number of hydrogen-bond donors (Lipinski definition) is 2. The number of aromatic nitrogens is 4. The average Bonchev–Trinajstić information content (AvgIpc) is 3.62. The van der Waals surface area contributed by atoms with Crippen molar-refractivity contribution < 1.29 is 19.1 Å². The van der Waals surface area contributed by atoms with Crippen LogP contribution in [0.3, 0.4) is 0 Å². The molecule has 0 spiro atoms. The van der Waals surface area contributed by atoms with E-state index >= 15 is 0 Å². The molecule has 0 aliphatic heterocycles. The summed E-state index contributed by atoms with van der Waals surface area (Å²) >= 11 is 0. The number of benzene rings is 2. The fourth-order valence-corrected chi connectivity index (χ4v) is 5.14. The summed E-state index contributed by atoms with van der Waals surface area (Å²) in [6, 6.07) is 17.1. The lowest BCUT2D eigenvalue weighted by molar-refractivity contribution is 0.0840. The Morgan fingerprint density at radius 3 is 2.76 bits per heavy atom. The van der Waals surface area contributed by atoms with Gasteiger partial charge in [-0.3, -0.25) is 18.7 Å². The van der Waals surface area contributed by atoms with Crippen LogP contribution in [0.2, 0.25) is 0 Å². The first kappa shape index (κ1) is 23.7. The molecule has 8 nitrogen and oxygen atoms in total. The lowest BCUT2D eigenvalue weighted by atomic mass is 9.94. The lowest BCUT2D eigenvalue weighted by Gasteiger charge is -2.15. The van der Waals surface area contributed by atoms with Gasteiger partial charge in [0.25, 0.3) is 5.91 Å². The Labute approximate surface area is 217 Å². The lowest BCUT2D eigenvalue weighted by Crippen LogP contribution is -2.17. The molecule has 2 atom stereocenters. The number of aliphatic hydroxyl groups is 1. The number of nitrogens with zero attached hydrogens (tertiary/aromatic N) is 4. The third-order valence-electron chi connectivity index (χ3n) is 7.15. The zero-order valence-corrected chi connectivity index (χ0v) is 20.5. The second-order valence-corrected chi connectivity index (χ2v) is 9.51. The highest BCUT2D eigenvalue weighted by Gasteiger charge is 2.32. The Balaban J connectivity index is 1.20. The highest BCUT2D eigenvalue weighted by Crippen LogP contribution is 2.38. The van der Waals surface area contributed by atoms with Crippen molar-refractivity contribution in [3.8, 4) is 11.3 Å². The maximum absolute atomic E-state index is 14.6. The Morgan fingerprint density at radius 1 is 1.13 bits per heavy atom. The van der Waals surface area contributed by atoms with Gasteiger partial charge < -0.3 is 10.4 Å². The minimum absolute atomic E-state index is 0.0995. The third-order valence-corrected chi connectivity index (χ3v) is 7.15. The second kappa shape index (κ2) is 9.35. The number of fused-ring (bicyclic) bond motifs is 2. The molecule has 0 bridgehead atoms. The molecule has 1 aliphatic carbocycles. The van der Waals surface area contributed by atoms with Crippen LogP contribution in [0.4, 0.5) is 10.1 Å². The van der Waals surface area contributed by atoms with Gasteiger partial charge in [-0.1, -0.05) is 24.3 Å². The number of ketones is 1. The molecule has 3 aromatic heterocycles. The van der Waals surface area contributed by atoms with Crippen LogP contribution in [0.25, 0.3) is 16.9 Å². The van der Waals surface area contributed by atoms with Crippen LogP contribution in [0, 0.1) is 11.7 Å². The summed E-state index contributed by atoms with van der Waals surface area (Å²) in [5.41, 5.74) is 4.61. The minimum Gasteiger partial charge on any atom is -0.388 e. The normalized spacial score (nSPS) is 16.5. The summed E-state index contributed by atoms with van der Waals surface area (Å²) in [5.74, 6) is -1.70. The van der Waals surface area contributed by atoms with Gasteiger partial charge in [0.15, 0.2) is 5.78 Å². The number of carbonyl (C=O) groups is 2. The smallest absolute Gasteiger partial charge is 0.274 e. The van der Waals surface area contributed by atoms with Gasteiger partial charge in [-0.25, -0.2) is 9.37 Å². The maximum atomic E-state index is 14.6. The van der Waals surface area contributed by atoms with Crippen LogP contribution in [0.1, 0.15) is 44.5 Å². The molecule has 190 valence electrons. The van der Waals surface area contributed by atoms with E-state index < -0.39 is 17.8 Å². The van der Waals surface area contributed by atoms with E-state index in [9.17, 15) is 19.1 Å². The Hall–Kier alpha value is -4.63. The van der Waals surface area contributed by atoms with Crippen LogP contribution in [0.5, 0.6) is 0 Å². The summed E-state index contributed by atoms with van der Waals surface area (Å²) in [4.78, 5) is 30.4. The molecule has 0 fully saturated rings. The molecule has 5 aromatic rings. The number of aryl methyl sites for hydroxylation is 1. The summed E-state index contributed by atoms with van der Waals surface area (Å²) in [5, 5.41) is 17.4. The van der Waals surface area contributed by atoms with E-state index in [0.717, 1.165) is 28.5 Å². The summed E-state index contributed by atoms with van der Waals surface area (Å²) in [6.45, 7) is 0. The number of Topliss-reactive ketones (excluding diaryl/α,β-unsaturated/α-hetero) is 1. The van der Waals surface area contributed by atoms with Crippen LogP contribution < -0.4 is 5.32 Å². The summed E-state index contributed by atoms with van der Waals surface area (Å²) < 4.78 is 18.0. The summed E-state index contributed by atoms with van der Waals surface area (Å²) in [7, 11) is 1.84. The van der Waals surface area contributed by atoms with Crippen molar-refractivity contribution in [2.45, 2.75) is 18.9 Å². The second-order valence-electron chi connectivity index (χ2n) is 9.51. The van der Waals surface area contributed by atoms with Crippen molar-refractivity contribution >= 4 is 23.0 Å². The Morgan fingerprint density at radius 2 is 1.97 bits per heavy atom. The minimum atomic E-state index is -0.719. The van der Waals surface area contributed by atoms with E-state index in [1.807, 2.05) is 49.5 Å². The van der Waals surface area contributed by atoms with Gasteiger partial charge in [-0.05, 0) is 53.9 Å². The fourth-order valence-electron chi connectivity index (χ4n) is 5.14. The Bertz CT molecular complexity index is 1710. The van der Waals surface area contributed by atoms with Crippen molar-refractivity contribution in [1.29, 1.82) is 0 Å². The standard InChI is InChI=1S/C29H24FN5O3/c1-34-24(8-10-32-34)18-9-11-35-25(16-31-27(35)15-18)29(38)33-23-13-19(6-7-22(23)30)26(36)14-20-12-17-4-2-3-5-21(17)28(20)37/h2-11,13,15-16,20,28,37H,12,14H2,1H3,(H,33,38). The van der Waals surface area contributed by atoms with Gasteiger partial charge >= 0.3 is 0 Å². The van der Waals surface area contributed by atoms with Crippen LogP contribution in [0.15, 0.2) is 79.3 Å². The number of nitrogens with one attached hydrogen (secondary N) is 1. The molecule has 6 rings (SSSR count). The first-order valence-corrected chi connectivity index (χ1v) is 12.2. The zero-order chi connectivity index (χ0) is 26.4. The highest BCUT2D eigenvalue weighted by molar-refractivity contribution is 6.05. The molecular formula is C29H24FN5O3. The predicted octanol–water partition coefficient (Wildman–Crippen LogP) is 4.60. The molecular weight excluding hydrogens is 485 g/mol. The quantitative estimate of drug-likeness (QED) is 0.326. The number of imidazole rings is 1. The van der Waals surface area contributed by atoms with Crippen molar-refractivity contribution in [3.63, 3.8) is 0 Å². The van der Waals surface area contributed by atoms with E-state index in [2.05, 4.69) is 15.4 Å². The molecule has 0 saturated heterocycles. The number of amides is 1. The largest absolute Gasteiger partial charge is 0.388 e. The maximum Gasteiger partial charge on any atom is 0.274 e. The molecule has 2 N–H and O–H groups in total. The predicted molar refractivity (Wildman–Crippen MR) is 139 cm³/mol. The molecule has 2 aromatic carbocycles. The van der Waals surface area contributed by atoms with Gasteiger partial charge in [-0.2, -0.15) is 5.10 Å². The van der Waals surface area contributed by atoms with Gasteiger partial charge in [0.2, 0.25) is 0 Å². The van der Waals surface area contributed by atoms with Gasteiger partial charge in [0, 0.05) is 42.9 Å². The average molecular weight is 510 g/mol. The van der Waals surface area contributed by atoms with Crippen molar-refractivity contribution in [2.75, 3.05) is 5.32 Å². The molecule has 1 amide bonds. The Kier molecular flexibility index (Phi) is 5.84. The monoisotopic (exact) mass is 509 g/mol. The molecule has 0 saturated carbocycles. The highest BCUT2D eigenvalue weighted by atomic mass is 19.1. The number of rotatable bonds is 6. The molecule has 2 unspecified atom stereocenters. The van der Waals surface area contributed by atoms with Gasteiger partial charge in [0.1, 0.15) is 17.2 Å². The molecule has 38 heavy (non-hydrogen) atoms. The molecule has 9 heteroatoms. The molecule has 3 heterocycles. The van der Waals surface area contributed by atoms with E-state index in [-0.39, 0.29) is 35.1 Å². The van der Waals surface area contributed by atoms with Gasteiger partial charge in [-0.15, -0.1) is 0 Å². The third kappa shape index (κ3) is 4.16. The number of aliphatic hydroxyl groups excluding tert-OH is 1.